The summed E-state index contributed by atoms with van der Waals surface area (Å²) in [4.78, 5) is 15.8. The first-order chi connectivity index (χ1) is 20.8. The van der Waals surface area contributed by atoms with Gasteiger partial charge in [-0.3, -0.25) is 9.97 Å². The van der Waals surface area contributed by atoms with E-state index in [0.29, 0.717) is 57.5 Å². The first-order valence-corrected chi connectivity index (χ1v) is 15.9. The SMILES string of the molecule is COc1ccncc1-c1cc2c(cnn2-c2cc(N3C[C@H](CS(C)(=O)=O)[C@H]3C)cc(-c3cccc(C(F)(F)F)c3)n2)c(C)n1. The number of pyridine rings is 3. The van der Waals surface area contributed by atoms with Crippen LogP contribution in [0.5, 0.6) is 5.75 Å². The van der Waals surface area contributed by atoms with Gasteiger partial charge in [0.15, 0.2) is 5.82 Å². The second kappa shape index (κ2) is 10.9. The van der Waals surface area contributed by atoms with Crippen molar-refractivity contribution in [3.63, 3.8) is 0 Å². The highest BCUT2D eigenvalue weighted by molar-refractivity contribution is 7.90. The van der Waals surface area contributed by atoms with Gasteiger partial charge in [0, 0.05) is 65.6 Å². The zero-order valence-corrected chi connectivity index (χ0v) is 25.2. The molecule has 1 aliphatic heterocycles. The van der Waals surface area contributed by atoms with E-state index < -0.39 is 21.6 Å². The number of anilines is 1. The maximum Gasteiger partial charge on any atom is 0.416 e. The van der Waals surface area contributed by atoms with Crippen LogP contribution in [0.25, 0.3) is 39.2 Å². The molecule has 0 saturated carbocycles. The van der Waals surface area contributed by atoms with E-state index in [9.17, 15) is 21.6 Å². The largest absolute Gasteiger partial charge is 0.496 e. The Morgan fingerprint density at radius 2 is 1.84 bits per heavy atom. The van der Waals surface area contributed by atoms with Crippen LogP contribution < -0.4 is 9.64 Å². The van der Waals surface area contributed by atoms with Crippen LogP contribution in [-0.4, -0.2) is 64.9 Å². The number of sulfone groups is 1. The van der Waals surface area contributed by atoms with Crippen molar-refractivity contribution in [2.75, 3.05) is 30.6 Å². The van der Waals surface area contributed by atoms with Crippen molar-refractivity contribution in [2.24, 2.45) is 5.92 Å². The number of alkyl halides is 3. The zero-order chi connectivity index (χ0) is 31.4. The molecule has 1 aliphatic rings. The highest BCUT2D eigenvalue weighted by atomic mass is 32.2. The van der Waals surface area contributed by atoms with Crippen LogP contribution in [0.3, 0.4) is 0 Å². The molecule has 9 nitrogen and oxygen atoms in total. The van der Waals surface area contributed by atoms with E-state index in [0.717, 1.165) is 17.5 Å². The number of benzene rings is 1. The molecule has 0 unspecified atom stereocenters. The second-order valence-electron chi connectivity index (χ2n) is 11.1. The predicted octanol–water partition coefficient (Wildman–Crippen LogP) is 5.75. The Bertz CT molecular complexity index is 1990. The third-order valence-electron chi connectivity index (χ3n) is 7.99. The summed E-state index contributed by atoms with van der Waals surface area (Å²) < 4.78 is 71.9. The minimum atomic E-state index is -4.52. The van der Waals surface area contributed by atoms with Gasteiger partial charge in [0.05, 0.1) is 47.1 Å². The summed E-state index contributed by atoms with van der Waals surface area (Å²) in [6.45, 7) is 4.28. The van der Waals surface area contributed by atoms with Crippen molar-refractivity contribution in [1.82, 2.24) is 24.7 Å². The highest BCUT2D eigenvalue weighted by Crippen LogP contribution is 2.38. The van der Waals surface area contributed by atoms with Gasteiger partial charge in [0.1, 0.15) is 15.6 Å². The Hall–Kier alpha value is -4.52. The normalized spacial score (nSPS) is 17.1. The molecule has 5 heterocycles. The van der Waals surface area contributed by atoms with E-state index in [-0.39, 0.29) is 17.7 Å². The van der Waals surface area contributed by atoms with Crippen molar-refractivity contribution < 1.29 is 26.3 Å². The number of rotatable bonds is 7. The lowest BCUT2D eigenvalue weighted by molar-refractivity contribution is -0.137. The molecule has 0 spiro atoms. The average Bonchev–Trinajstić information content (AvgIpc) is 3.42. The number of hydrogen-bond acceptors (Lipinski definition) is 8. The van der Waals surface area contributed by atoms with Gasteiger partial charge < -0.3 is 9.64 Å². The maximum absolute atomic E-state index is 13.6. The van der Waals surface area contributed by atoms with Crippen LogP contribution in [0.2, 0.25) is 0 Å². The van der Waals surface area contributed by atoms with Gasteiger partial charge in [0.2, 0.25) is 0 Å². The monoisotopic (exact) mass is 622 g/mol. The summed E-state index contributed by atoms with van der Waals surface area (Å²) in [5, 5.41) is 5.38. The smallest absolute Gasteiger partial charge is 0.416 e. The lowest BCUT2D eigenvalue weighted by Crippen LogP contribution is -2.57. The van der Waals surface area contributed by atoms with Crippen LogP contribution >= 0.6 is 0 Å². The number of hydrogen-bond donors (Lipinski definition) is 0. The molecule has 0 radical (unpaired) electrons. The quantitative estimate of drug-likeness (QED) is 0.226. The molecular weight excluding hydrogens is 593 g/mol. The summed E-state index contributed by atoms with van der Waals surface area (Å²) in [5.74, 6) is 0.965. The van der Waals surface area contributed by atoms with Gasteiger partial charge >= 0.3 is 6.18 Å². The topological polar surface area (TPSA) is 103 Å². The Morgan fingerprint density at radius 1 is 1.05 bits per heavy atom. The average molecular weight is 623 g/mol. The third-order valence-corrected chi connectivity index (χ3v) is 9.02. The van der Waals surface area contributed by atoms with E-state index >= 15 is 0 Å². The second-order valence-corrected chi connectivity index (χ2v) is 13.2. The molecule has 1 saturated heterocycles. The number of nitrogens with zero attached hydrogens (tertiary/aromatic N) is 6. The van der Waals surface area contributed by atoms with Crippen LogP contribution in [-0.2, 0) is 16.0 Å². The standard InChI is InChI=1S/C31H29F3N6O3S/c1-18-24-15-36-40(28(24)13-27(37-18)25-14-35-9-8-29(25)43-3)30-12-23(39-16-21(19(39)2)17-44(4,41)42)11-26(38-30)20-6-5-7-22(10-20)31(32,33)34/h5-15,19,21H,16-17H2,1-4H3/t19-,21-/m1/s1. The van der Waals surface area contributed by atoms with Gasteiger partial charge in [-0.2, -0.15) is 18.3 Å². The molecule has 1 fully saturated rings. The summed E-state index contributed by atoms with van der Waals surface area (Å²) in [6.07, 6.45) is 1.66. The minimum absolute atomic E-state index is 0.0553. The first kappa shape index (κ1) is 29.5. The molecule has 5 aromatic rings. The minimum Gasteiger partial charge on any atom is -0.496 e. The van der Waals surface area contributed by atoms with Crippen LogP contribution in [0.15, 0.2) is 67.1 Å². The van der Waals surface area contributed by atoms with E-state index in [2.05, 4.69) is 10.1 Å². The van der Waals surface area contributed by atoms with Crippen LogP contribution in [0.1, 0.15) is 18.2 Å². The van der Waals surface area contributed by atoms with Crippen molar-refractivity contribution in [3.8, 4) is 34.1 Å². The predicted molar refractivity (Wildman–Crippen MR) is 162 cm³/mol. The summed E-state index contributed by atoms with van der Waals surface area (Å²) in [5.41, 5.74) is 3.22. The van der Waals surface area contributed by atoms with E-state index in [1.807, 2.05) is 30.9 Å². The van der Waals surface area contributed by atoms with Crippen molar-refractivity contribution in [1.29, 1.82) is 0 Å². The maximum atomic E-state index is 13.6. The van der Waals surface area contributed by atoms with E-state index in [1.165, 1.54) is 12.3 Å². The molecule has 0 bridgehead atoms. The van der Waals surface area contributed by atoms with E-state index in [1.54, 1.807) is 48.6 Å². The van der Waals surface area contributed by atoms with Crippen molar-refractivity contribution in [3.05, 3.63) is 78.4 Å². The van der Waals surface area contributed by atoms with Crippen molar-refractivity contribution >= 4 is 26.4 Å². The zero-order valence-electron chi connectivity index (χ0n) is 24.4. The molecule has 0 amide bonds. The summed E-state index contributed by atoms with van der Waals surface area (Å²) in [7, 11) is -1.61. The fourth-order valence-corrected chi connectivity index (χ4v) is 6.80. The molecule has 2 atom stereocenters. The molecule has 6 rings (SSSR count). The lowest BCUT2D eigenvalue weighted by atomic mass is 9.91. The Morgan fingerprint density at radius 3 is 2.55 bits per heavy atom. The lowest BCUT2D eigenvalue weighted by Gasteiger charge is -2.48. The fourth-order valence-electron chi connectivity index (χ4n) is 5.64. The number of fused-ring (bicyclic) bond motifs is 1. The molecule has 44 heavy (non-hydrogen) atoms. The van der Waals surface area contributed by atoms with Gasteiger partial charge in [-0.05, 0) is 44.2 Å². The Balaban J connectivity index is 1.51. The van der Waals surface area contributed by atoms with Gasteiger partial charge in [-0.15, -0.1) is 0 Å². The summed E-state index contributed by atoms with van der Waals surface area (Å²) >= 11 is 0. The molecule has 0 N–H and O–H groups in total. The van der Waals surface area contributed by atoms with Gasteiger partial charge in [0.25, 0.3) is 0 Å². The Labute approximate surface area is 252 Å². The third kappa shape index (κ3) is 5.59. The first-order valence-electron chi connectivity index (χ1n) is 13.8. The number of methoxy groups -OCH3 is 1. The number of aryl methyl sites for hydroxylation is 1. The molecular formula is C31H29F3N6O3S. The van der Waals surface area contributed by atoms with Gasteiger partial charge in [-0.1, -0.05) is 12.1 Å². The molecule has 13 heteroatoms. The molecule has 4 aromatic heterocycles. The molecule has 0 aliphatic carbocycles. The van der Waals surface area contributed by atoms with E-state index in [4.69, 9.17) is 14.7 Å². The number of ether oxygens (including phenoxy) is 1. The fraction of sp³-hybridized carbons (Fsp3) is 0.290. The van der Waals surface area contributed by atoms with Crippen molar-refractivity contribution in [2.45, 2.75) is 26.1 Å². The highest BCUT2D eigenvalue weighted by Gasteiger charge is 2.38. The number of aromatic nitrogens is 5. The Kier molecular flexibility index (Phi) is 7.31. The number of halogens is 3. The summed E-state index contributed by atoms with van der Waals surface area (Å²) in [6, 6.07) is 12.1. The van der Waals surface area contributed by atoms with Crippen LogP contribution in [0.4, 0.5) is 18.9 Å². The van der Waals surface area contributed by atoms with Crippen LogP contribution in [0, 0.1) is 12.8 Å². The molecule has 1 aromatic carbocycles. The van der Waals surface area contributed by atoms with Gasteiger partial charge in [-0.25, -0.2) is 18.1 Å². The molecule has 228 valence electrons.